The largest absolute Gasteiger partial charge is 0.493 e. The third-order valence-corrected chi connectivity index (χ3v) is 7.30. The van der Waals surface area contributed by atoms with Crippen LogP contribution in [0.5, 0.6) is 5.75 Å². The molecule has 0 amide bonds. The van der Waals surface area contributed by atoms with Gasteiger partial charge in [-0.3, -0.25) is 4.79 Å². The van der Waals surface area contributed by atoms with Gasteiger partial charge >= 0.3 is 5.97 Å². The molecule has 2 heterocycles. The van der Waals surface area contributed by atoms with Gasteiger partial charge in [-0.1, -0.05) is 48.5 Å². The number of esters is 1. The zero-order valence-corrected chi connectivity index (χ0v) is 23.5. The Kier molecular flexibility index (Phi) is 8.98. The van der Waals surface area contributed by atoms with E-state index in [1.54, 1.807) is 0 Å². The molecule has 1 aliphatic rings. The van der Waals surface area contributed by atoms with Gasteiger partial charge in [0, 0.05) is 25.1 Å². The van der Waals surface area contributed by atoms with Crippen molar-refractivity contribution < 1.29 is 18.7 Å². The van der Waals surface area contributed by atoms with Crippen molar-refractivity contribution in [3.63, 3.8) is 0 Å². The number of aliphatic imine (C=N–C) groups is 1. The second kappa shape index (κ2) is 13.2. The van der Waals surface area contributed by atoms with E-state index in [9.17, 15) is 4.79 Å². The summed E-state index contributed by atoms with van der Waals surface area (Å²) in [5.74, 6) is 2.22. The smallest absolute Gasteiger partial charge is 0.311 e. The summed E-state index contributed by atoms with van der Waals surface area (Å²) in [4.78, 5) is 24.0. The molecule has 212 valence electrons. The van der Waals surface area contributed by atoms with E-state index < -0.39 is 0 Å². The van der Waals surface area contributed by atoms with Crippen molar-refractivity contribution in [1.29, 1.82) is 0 Å². The predicted molar refractivity (Wildman–Crippen MR) is 159 cm³/mol. The van der Waals surface area contributed by atoms with E-state index in [1.165, 1.54) is 0 Å². The number of rotatable bonds is 10. The van der Waals surface area contributed by atoms with Gasteiger partial charge in [-0.15, -0.1) is 0 Å². The van der Waals surface area contributed by atoms with Crippen molar-refractivity contribution in [2.45, 2.75) is 26.7 Å². The Hall–Kier alpha value is -4.59. The fourth-order valence-corrected chi connectivity index (χ4v) is 5.14. The summed E-state index contributed by atoms with van der Waals surface area (Å²) in [6.45, 7) is 5.72. The van der Waals surface area contributed by atoms with Crippen LogP contribution in [0.4, 0.5) is 5.69 Å². The quantitative estimate of drug-likeness (QED) is 0.156. The van der Waals surface area contributed by atoms with Gasteiger partial charge in [-0.25, -0.2) is 9.98 Å². The van der Waals surface area contributed by atoms with Crippen LogP contribution in [0.2, 0.25) is 0 Å². The van der Waals surface area contributed by atoms with Crippen molar-refractivity contribution in [3.8, 4) is 17.2 Å². The highest BCUT2D eigenvalue weighted by Gasteiger charge is 2.39. The fourth-order valence-electron chi connectivity index (χ4n) is 5.14. The number of likely N-dealkylation sites (tertiary alicyclic amines) is 1. The van der Waals surface area contributed by atoms with Crippen LogP contribution in [0.25, 0.3) is 11.5 Å². The molecule has 1 fully saturated rings. The first-order chi connectivity index (χ1) is 20.0. The Bertz CT molecular complexity index is 1450. The van der Waals surface area contributed by atoms with Crippen LogP contribution < -0.4 is 10.5 Å². The molecule has 0 unspecified atom stereocenters. The summed E-state index contributed by atoms with van der Waals surface area (Å²) in [7, 11) is 0. The van der Waals surface area contributed by atoms with Crippen LogP contribution in [0.1, 0.15) is 23.9 Å². The van der Waals surface area contributed by atoms with Gasteiger partial charge in [0.25, 0.3) is 0 Å². The molecule has 2 N–H and O–H groups in total. The molecular weight excluding hydrogens is 516 g/mol. The first-order valence-electron chi connectivity index (χ1n) is 14.0. The molecule has 1 aromatic heterocycles. The van der Waals surface area contributed by atoms with E-state index in [-0.39, 0.29) is 17.8 Å². The van der Waals surface area contributed by atoms with E-state index >= 15 is 0 Å². The van der Waals surface area contributed by atoms with Gasteiger partial charge < -0.3 is 24.5 Å². The van der Waals surface area contributed by atoms with E-state index in [2.05, 4.69) is 22.1 Å². The SMILES string of the molecule is CCOC(=O)[C@H]1CN(C(N)=Nc2ccccc2)C[C@H]1Cc1ccc(OCCc2nc(-c3ccccc3)oc2C)cc1. The van der Waals surface area contributed by atoms with Crippen LogP contribution in [0, 0.1) is 18.8 Å². The molecule has 0 saturated carbocycles. The topological polar surface area (TPSA) is 103 Å². The number of hydrogen-bond donors (Lipinski definition) is 1. The average Bonchev–Trinajstić information content (AvgIpc) is 3.59. The number of oxazole rings is 1. The number of carbonyl (C=O) groups is 1. The van der Waals surface area contributed by atoms with Crippen molar-refractivity contribution in [1.82, 2.24) is 9.88 Å². The zero-order valence-electron chi connectivity index (χ0n) is 23.5. The lowest BCUT2D eigenvalue weighted by Gasteiger charge is -2.17. The van der Waals surface area contributed by atoms with Gasteiger partial charge in [0.2, 0.25) is 5.89 Å². The second-order valence-corrected chi connectivity index (χ2v) is 10.2. The third-order valence-electron chi connectivity index (χ3n) is 7.30. The summed E-state index contributed by atoms with van der Waals surface area (Å²) in [5, 5.41) is 0. The molecule has 1 aliphatic heterocycles. The fraction of sp³-hybridized carbons (Fsp3) is 0.303. The molecule has 5 rings (SSSR count). The van der Waals surface area contributed by atoms with Gasteiger partial charge in [-0.05, 0) is 68.1 Å². The predicted octanol–water partition coefficient (Wildman–Crippen LogP) is 5.57. The van der Waals surface area contributed by atoms with Gasteiger partial charge in [-0.2, -0.15) is 0 Å². The molecule has 2 atom stereocenters. The van der Waals surface area contributed by atoms with Crippen LogP contribution in [-0.4, -0.2) is 48.1 Å². The molecule has 1 saturated heterocycles. The number of nitrogens with zero attached hydrogens (tertiary/aromatic N) is 3. The lowest BCUT2D eigenvalue weighted by molar-refractivity contribution is -0.148. The minimum atomic E-state index is -0.276. The Morgan fingerprint density at radius 3 is 2.44 bits per heavy atom. The summed E-state index contributed by atoms with van der Waals surface area (Å²) < 4.78 is 17.3. The lowest BCUT2D eigenvalue weighted by Crippen LogP contribution is -2.36. The Balaban J connectivity index is 1.18. The van der Waals surface area contributed by atoms with Crippen LogP contribution in [0.3, 0.4) is 0 Å². The lowest BCUT2D eigenvalue weighted by atomic mass is 9.90. The first kappa shape index (κ1) is 28.0. The monoisotopic (exact) mass is 552 g/mol. The van der Waals surface area contributed by atoms with E-state index in [0.717, 1.165) is 40.4 Å². The number of aryl methyl sites for hydroxylation is 1. The zero-order chi connectivity index (χ0) is 28.6. The number of carbonyl (C=O) groups excluding carboxylic acids is 1. The number of hydrogen-bond acceptors (Lipinski definition) is 6. The number of ether oxygens (including phenoxy) is 2. The standard InChI is InChI=1S/C33H36N4O4/c1-3-39-32(38)29-22-37(33(34)35-27-12-8-5-9-13-27)21-26(29)20-24-14-16-28(17-15-24)40-19-18-30-23(2)41-31(36-30)25-10-6-4-7-11-25/h4-17,26,29H,3,18-22H2,1-2H3,(H2,34,35)/t26-,29+/m1/s1. The number of nitrogens with two attached hydrogens (primary N) is 1. The molecule has 3 aromatic carbocycles. The Morgan fingerprint density at radius 1 is 1.02 bits per heavy atom. The summed E-state index contributed by atoms with van der Waals surface area (Å²) >= 11 is 0. The molecule has 4 aromatic rings. The maximum Gasteiger partial charge on any atom is 0.311 e. The molecule has 8 nitrogen and oxygen atoms in total. The number of guanidine groups is 1. The normalized spacial score (nSPS) is 17.0. The van der Waals surface area contributed by atoms with Crippen molar-refractivity contribution in [3.05, 3.63) is 102 Å². The molecule has 0 aliphatic carbocycles. The van der Waals surface area contributed by atoms with E-state index in [1.807, 2.05) is 91.5 Å². The van der Waals surface area contributed by atoms with Crippen LogP contribution >= 0.6 is 0 Å². The average molecular weight is 553 g/mol. The van der Waals surface area contributed by atoms with Crippen molar-refractivity contribution in [2.24, 2.45) is 22.6 Å². The van der Waals surface area contributed by atoms with Crippen LogP contribution in [0.15, 0.2) is 94.3 Å². The Labute approximate surface area is 240 Å². The maximum atomic E-state index is 12.8. The van der Waals surface area contributed by atoms with Crippen LogP contribution in [-0.2, 0) is 22.4 Å². The Morgan fingerprint density at radius 2 is 1.73 bits per heavy atom. The van der Waals surface area contributed by atoms with Crippen molar-refractivity contribution in [2.75, 3.05) is 26.3 Å². The molecular formula is C33H36N4O4. The molecule has 0 radical (unpaired) electrons. The number of aromatic nitrogens is 1. The van der Waals surface area contributed by atoms with Crippen molar-refractivity contribution >= 4 is 17.6 Å². The molecule has 41 heavy (non-hydrogen) atoms. The highest BCUT2D eigenvalue weighted by molar-refractivity contribution is 5.83. The second-order valence-electron chi connectivity index (χ2n) is 10.2. The summed E-state index contributed by atoms with van der Waals surface area (Å²) in [6, 6.07) is 27.5. The highest BCUT2D eigenvalue weighted by atomic mass is 16.5. The van der Waals surface area contributed by atoms with E-state index in [0.29, 0.717) is 44.6 Å². The first-order valence-corrected chi connectivity index (χ1v) is 14.0. The summed E-state index contributed by atoms with van der Waals surface area (Å²) in [5.41, 5.74) is 10.1. The molecule has 0 spiro atoms. The highest BCUT2D eigenvalue weighted by Crippen LogP contribution is 2.29. The third kappa shape index (κ3) is 7.14. The number of benzene rings is 3. The maximum absolute atomic E-state index is 12.8. The van der Waals surface area contributed by atoms with Gasteiger partial charge in [0.1, 0.15) is 11.5 Å². The van der Waals surface area contributed by atoms with E-state index in [4.69, 9.17) is 19.6 Å². The number of para-hydroxylation sites is 1. The molecule has 8 heteroatoms. The van der Waals surface area contributed by atoms with Gasteiger partial charge in [0.15, 0.2) is 5.96 Å². The minimum absolute atomic E-state index is 0.0549. The minimum Gasteiger partial charge on any atom is -0.493 e. The van der Waals surface area contributed by atoms with Gasteiger partial charge in [0.05, 0.1) is 30.5 Å². The molecule has 0 bridgehead atoms. The summed E-state index contributed by atoms with van der Waals surface area (Å²) in [6.07, 6.45) is 1.37.